The first-order valence-electron chi connectivity index (χ1n) is 6.44. The number of rotatable bonds is 4. The first-order chi connectivity index (χ1) is 10.1. The van der Waals surface area contributed by atoms with Crippen LogP contribution in [-0.4, -0.2) is 18.5 Å². The molecule has 0 radical (unpaired) electrons. The molecule has 1 N–H and O–H groups in total. The maximum atomic E-state index is 12.1. The Hall–Kier alpha value is -2.33. The highest BCUT2D eigenvalue weighted by atomic mass is 35.5. The minimum atomic E-state index is -0.420. The van der Waals surface area contributed by atoms with Crippen molar-refractivity contribution in [3.63, 3.8) is 0 Å². The molecule has 0 aliphatic carbocycles. The van der Waals surface area contributed by atoms with E-state index in [0.717, 1.165) is 0 Å². The van der Waals surface area contributed by atoms with Crippen molar-refractivity contribution < 1.29 is 14.3 Å². The summed E-state index contributed by atoms with van der Waals surface area (Å²) in [4.78, 5) is 23.7. The molecule has 0 atom stereocenters. The fraction of sp³-hybridized carbons (Fsp3) is 0.125. The minimum Gasteiger partial charge on any atom is -0.462 e. The normalized spacial score (nSPS) is 10.0. The first-order valence-corrected chi connectivity index (χ1v) is 6.82. The van der Waals surface area contributed by atoms with E-state index in [1.54, 1.807) is 55.5 Å². The van der Waals surface area contributed by atoms with E-state index in [1.165, 1.54) is 0 Å². The van der Waals surface area contributed by atoms with Crippen LogP contribution < -0.4 is 5.32 Å². The average Bonchev–Trinajstić information content (AvgIpc) is 2.48. The number of carbonyl (C=O) groups excluding carboxylic acids is 2. The molecule has 108 valence electrons. The SMILES string of the molecule is CCOC(=O)c1cccc(NC(=O)c2cccc(Cl)c2)c1. The van der Waals surface area contributed by atoms with E-state index >= 15 is 0 Å². The highest BCUT2D eigenvalue weighted by molar-refractivity contribution is 6.31. The van der Waals surface area contributed by atoms with Crippen molar-refractivity contribution in [1.29, 1.82) is 0 Å². The van der Waals surface area contributed by atoms with Crippen LogP contribution in [0.15, 0.2) is 48.5 Å². The lowest BCUT2D eigenvalue weighted by atomic mass is 10.1. The number of halogens is 1. The highest BCUT2D eigenvalue weighted by Crippen LogP contribution is 2.15. The molecular weight excluding hydrogens is 290 g/mol. The Morgan fingerprint density at radius 3 is 2.52 bits per heavy atom. The number of esters is 1. The summed E-state index contributed by atoms with van der Waals surface area (Å²) >= 11 is 5.85. The first kappa shape index (κ1) is 15.1. The molecule has 0 bridgehead atoms. The lowest BCUT2D eigenvalue weighted by Gasteiger charge is -2.07. The molecule has 0 heterocycles. The van der Waals surface area contributed by atoms with Gasteiger partial charge in [0.15, 0.2) is 0 Å². The molecule has 2 aromatic rings. The molecule has 4 nitrogen and oxygen atoms in total. The van der Waals surface area contributed by atoms with E-state index in [4.69, 9.17) is 16.3 Å². The zero-order valence-corrected chi connectivity index (χ0v) is 12.2. The Bertz CT molecular complexity index is 670. The second-order valence-corrected chi connectivity index (χ2v) is 4.70. The van der Waals surface area contributed by atoms with Crippen molar-refractivity contribution in [2.75, 3.05) is 11.9 Å². The summed E-state index contributed by atoms with van der Waals surface area (Å²) in [6, 6.07) is 13.2. The molecule has 0 unspecified atom stereocenters. The van der Waals surface area contributed by atoms with Crippen molar-refractivity contribution in [2.45, 2.75) is 6.92 Å². The van der Waals surface area contributed by atoms with Gasteiger partial charge in [-0.1, -0.05) is 23.7 Å². The third kappa shape index (κ3) is 4.07. The lowest BCUT2D eigenvalue weighted by Crippen LogP contribution is -2.12. The van der Waals surface area contributed by atoms with E-state index in [-0.39, 0.29) is 5.91 Å². The van der Waals surface area contributed by atoms with Gasteiger partial charge in [-0.15, -0.1) is 0 Å². The van der Waals surface area contributed by atoms with Gasteiger partial charge >= 0.3 is 5.97 Å². The van der Waals surface area contributed by atoms with Crippen molar-refractivity contribution in [2.24, 2.45) is 0 Å². The molecule has 2 rings (SSSR count). The van der Waals surface area contributed by atoms with Crippen LogP contribution in [0.3, 0.4) is 0 Å². The third-order valence-corrected chi connectivity index (χ3v) is 2.95. The van der Waals surface area contributed by atoms with Crippen LogP contribution in [0.5, 0.6) is 0 Å². The van der Waals surface area contributed by atoms with Gasteiger partial charge in [-0.3, -0.25) is 4.79 Å². The van der Waals surface area contributed by atoms with Gasteiger partial charge in [-0.25, -0.2) is 4.79 Å². The number of hydrogen-bond donors (Lipinski definition) is 1. The van der Waals surface area contributed by atoms with Gasteiger partial charge in [0, 0.05) is 16.3 Å². The maximum absolute atomic E-state index is 12.1. The summed E-state index contributed by atoms with van der Waals surface area (Å²) in [6.45, 7) is 2.04. The van der Waals surface area contributed by atoms with Crippen molar-refractivity contribution in [3.8, 4) is 0 Å². The van der Waals surface area contributed by atoms with E-state index < -0.39 is 5.97 Å². The molecule has 0 aliphatic rings. The van der Waals surface area contributed by atoms with Crippen LogP contribution >= 0.6 is 11.6 Å². The van der Waals surface area contributed by atoms with Crippen LogP contribution in [0.4, 0.5) is 5.69 Å². The third-order valence-electron chi connectivity index (χ3n) is 2.72. The Morgan fingerprint density at radius 2 is 1.81 bits per heavy atom. The van der Waals surface area contributed by atoms with Gasteiger partial charge in [0.2, 0.25) is 0 Å². The van der Waals surface area contributed by atoms with E-state index in [1.807, 2.05) is 0 Å². The van der Waals surface area contributed by atoms with Gasteiger partial charge in [0.05, 0.1) is 12.2 Å². The molecule has 0 saturated heterocycles. The predicted octanol–water partition coefficient (Wildman–Crippen LogP) is 3.77. The zero-order chi connectivity index (χ0) is 15.2. The van der Waals surface area contributed by atoms with Crippen LogP contribution in [0.2, 0.25) is 5.02 Å². The highest BCUT2D eigenvalue weighted by Gasteiger charge is 2.10. The van der Waals surface area contributed by atoms with E-state index in [0.29, 0.717) is 28.4 Å². The van der Waals surface area contributed by atoms with Gasteiger partial charge in [0.25, 0.3) is 5.91 Å². The van der Waals surface area contributed by atoms with Crippen molar-refractivity contribution in [1.82, 2.24) is 0 Å². The van der Waals surface area contributed by atoms with Crippen LogP contribution in [-0.2, 0) is 4.74 Å². The standard InChI is InChI=1S/C16H14ClNO3/c1-2-21-16(20)12-6-4-8-14(10-12)18-15(19)11-5-3-7-13(17)9-11/h3-10H,2H2,1H3,(H,18,19). The monoisotopic (exact) mass is 303 g/mol. The Labute approximate surface area is 127 Å². The predicted molar refractivity (Wildman–Crippen MR) is 81.8 cm³/mol. The minimum absolute atomic E-state index is 0.293. The number of carbonyl (C=O) groups is 2. The van der Waals surface area contributed by atoms with Crippen molar-refractivity contribution in [3.05, 3.63) is 64.7 Å². The molecule has 21 heavy (non-hydrogen) atoms. The fourth-order valence-electron chi connectivity index (χ4n) is 1.77. The van der Waals surface area contributed by atoms with E-state index in [2.05, 4.69) is 5.32 Å². The smallest absolute Gasteiger partial charge is 0.338 e. The van der Waals surface area contributed by atoms with Crippen LogP contribution in [0.1, 0.15) is 27.6 Å². The molecule has 0 saturated carbocycles. The maximum Gasteiger partial charge on any atom is 0.338 e. The number of anilines is 1. The topological polar surface area (TPSA) is 55.4 Å². The van der Waals surface area contributed by atoms with Gasteiger partial charge in [0.1, 0.15) is 0 Å². The zero-order valence-electron chi connectivity index (χ0n) is 11.4. The molecule has 2 aromatic carbocycles. The number of nitrogens with one attached hydrogen (secondary N) is 1. The van der Waals surface area contributed by atoms with Gasteiger partial charge in [-0.05, 0) is 43.3 Å². The van der Waals surface area contributed by atoms with Crippen LogP contribution in [0, 0.1) is 0 Å². The Kier molecular flexibility index (Phi) is 4.95. The van der Waals surface area contributed by atoms with Crippen molar-refractivity contribution >= 4 is 29.2 Å². The molecular formula is C16H14ClNO3. The Morgan fingerprint density at radius 1 is 1.10 bits per heavy atom. The summed E-state index contributed by atoms with van der Waals surface area (Å²) in [5, 5.41) is 3.21. The van der Waals surface area contributed by atoms with E-state index in [9.17, 15) is 9.59 Å². The lowest BCUT2D eigenvalue weighted by molar-refractivity contribution is 0.0526. The largest absolute Gasteiger partial charge is 0.462 e. The summed E-state index contributed by atoms with van der Waals surface area (Å²) < 4.78 is 4.92. The number of amides is 1. The second-order valence-electron chi connectivity index (χ2n) is 4.27. The fourth-order valence-corrected chi connectivity index (χ4v) is 1.96. The number of hydrogen-bond acceptors (Lipinski definition) is 3. The van der Waals surface area contributed by atoms with Gasteiger partial charge in [-0.2, -0.15) is 0 Å². The summed E-state index contributed by atoms with van der Waals surface area (Å²) in [6.07, 6.45) is 0. The Balaban J connectivity index is 2.14. The summed E-state index contributed by atoms with van der Waals surface area (Å²) in [5.74, 6) is -0.713. The second kappa shape index (κ2) is 6.90. The van der Waals surface area contributed by atoms with Crippen LogP contribution in [0.25, 0.3) is 0 Å². The number of benzene rings is 2. The number of ether oxygens (including phenoxy) is 1. The average molecular weight is 304 g/mol. The molecule has 5 heteroatoms. The molecule has 0 aliphatic heterocycles. The quantitative estimate of drug-likeness (QED) is 0.875. The molecule has 0 fully saturated rings. The summed E-state index contributed by atoms with van der Waals surface area (Å²) in [5.41, 5.74) is 1.36. The molecule has 0 spiro atoms. The molecule has 1 amide bonds. The van der Waals surface area contributed by atoms with Gasteiger partial charge < -0.3 is 10.1 Å². The molecule has 0 aromatic heterocycles. The summed E-state index contributed by atoms with van der Waals surface area (Å²) in [7, 11) is 0.